The maximum atomic E-state index is 9.87. The van der Waals surface area contributed by atoms with Gasteiger partial charge < -0.3 is 15.2 Å². The molecular formula is C16H26BrNO2. The predicted molar refractivity (Wildman–Crippen MR) is 88.3 cm³/mol. The molecule has 0 bridgehead atoms. The van der Waals surface area contributed by atoms with Gasteiger partial charge in [-0.15, -0.1) is 0 Å². The molecular weight excluding hydrogens is 318 g/mol. The molecule has 1 aromatic carbocycles. The Morgan fingerprint density at radius 3 is 2.85 bits per heavy atom. The van der Waals surface area contributed by atoms with Gasteiger partial charge in [0.25, 0.3) is 0 Å². The van der Waals surface area contributed by atoms with E-state index in [1.807, 2.05) is 25.1 Å². The van der Waals surface area contributed by atoms with Crippen LogP contribution < -0.4 is 5.32 Å². The molecule has 0 aromatic heterocycles. The normalized spacial score (nSPS) is 12.4. The first-order chi connectivity index (χ1) is 9.65. The van der Waals surface area contributed by atoms with E-state index in [4.69, 9.17) is 4.74 Å². The monoisotopic (exact) mass is 343 g/mol. The first-order valence-electron chi connectivity index (χ1n) is 7.40. The molecule has 0 heterocycles. The molecule has 0 saturated carbocycles. The number of halogens is 1. The molecule has 0 saturated heterocycles. The van der Waals surface area contributed by atoms with Gasteiger partial charge in [0, 0.05) is 23.3 Å². The summed E-state index contributed by atoms with van der Waals surface area (Å²) in [5.74, 6) is 0. The van der Waals surface area contributed by atoms with Crippen molar-refractivity contribution in [1.29, 1.82) is 0 Å². The molecule has 0 aliphatic heterocycles. The second kappa shape index (κ2) is 10.2. The fourth-order valence-electron chi connectivity index (χ4n) is 1.92. The van der Waals surface area contributed by atoms with Crippen molar-refractivity contribution in [2.75, 3.05) is 25.1 Å². The smallest absolute Gasteiger partial charge is 0.0945 e. The highest BCUT2D eigenvalue weighted by Crippen LogP contribution is 2.25. The highest BCUT2D eigenvalue weighted by Gasteiger charge is 2.06. The number of hydrogen-bond donors (Lipinski definition) is 2. The molecule has 114 valence electrons. The molecule has 0 aliphatic carbocycles. The minimum atomic E-state index is -0.478. The van der Waals surface area contributed by atoms with Gasteiger partial charge in [-0.1, -0.05) is 38.3 Å². The second-order valence-corrected chi connectivity index (χ2v) is 5.90. The zero-order valence-corrected chi connectivity index (χ0v) is 14.1. The third-order valence-electron chi connectivity index (χ3n) is 3.17. The van der Waals surface area contributed by atoms with Gasteiger partial charge in [-0.2, -0.15) is 0 Å². The van der Waals surface area contributed by atoms with Crippen molar-refractivity contribution in [2.45, 2.75) is 45.6 Å². The summed E-state index contributed by atoms with van der Waals surface area (Å²) in [6.45, 7) is 5.87. The Morgan fingerprint density at radius 2 is 2.10 bits per heavy atom. The number of anilines is 1. The summed E-state index contributed by atoms with van der Waals surface area (Å²) in [7, 11) is 0. The van der Waals surface area contributed by atoms with Crippen LogP contribution in [0.15, 0.2) is 22.7 Å². The largest absolute Gasteiger partial charge is 0.389 e. The topological polar surface area (TPSA) is 41.5 Å². The third-order valence-corrected chi connectivity index (χ3v) is 4.22. The fourth-order valence-corrected chi connectivity index (χ4v) is 2.33. The summed E-state index contributed by atoms with van der Waals surface area (Å²) in [4.78, 5) is 0. The van der Waals surface area contributed by atoms with E-state index in [2.05, 4.69) is 28.2 Å². The van der Waals surface area contributed by atoms with Gasteiger partial charge in [-0.3, -0.25) is 0 Å². The lowest BCUT2D eigenvalue weighted by molar-refractivity contribution is 0.0416. The minimum Gasteiger partial charge on any atom is -0.389 e. The Labute approximate surface area is 130 Å². The van der Waals surface area contributed by atoms with E-state index in [0.29, 0.717) is 13.2 Å². The van der Waals surface area contributed by atoms with Crippen molar-refractivity contribution in [1.82, 2.24) is 0 Å². The number of ether oxygens (including phenoxy) is 1. The van der Waals surface area contributed by atoms with E-state index in [1.165, 1.54) is 24.8 Å². The van der Waals surface area contributed by atoms with Crippen LogP contribution in [0.3, 0.4) is 0 Å². The SMILES string of the molecule is CCCCCCOCC(O)CNc1cccc(C)c1Br. The van der Waals surface area contributed by atoms with E-state index < -0.39 is 6.10 Å². The standard InChI is InChI=1S/C16H26BrNO2/c1-3-4-5-6-10-20-12-14(19)11-18-15-9-7-8-13(2)16(15)17/h7-9,14,18-19H,3-6,10-12H2,1-2H3. The van der Waals surface area contributed by atoms with Crippen molar-refractivity contribution in [3.05, 3.63) is 28.2 Å². The molecule has 0 radical (unpaired) electrons. The second-order valence-electron chi connectivity index (χ2n) is 5.11. The van der Waals surface area contributed by atoms with E-state index in [-0.39, 0.29) is 0 Å². The fraction of sp³-hybridized carbons (Fsp3) is 0.625. The first-order valence-corrected chi connectivity index (χ1v) is 8.19. The van der Waals surface area contributed by atoms with Crippen LogP contribution in [-0.2, 0) is 4.74 Å². The molecule has 0 aliphatic rings. The molecule has 1 rings (SSSR count). The van der Waals surface area contributed by atoms with Crippen molar-refractivity contribution in [3.8, 4) is 0 Å². The number of rotatable bonds is 10. The maximum absolute atomic E-state index is 9.87. The highest BCUT2D eigenvalue weighted by molar-refractivity contribution is 9.10. The van der Waals surface area contributed by atoms with Gasteiger partial charge in [-0.05, 0) is 40.9 Å². The molecule has 1 atom stereocenters. The summed E-state index contributed by atoms with van der Waals surface area (Å²) in [6, 6.07) is 6.04. The lowest BCUT2D eigenvalue weighted by atomic mass is 10.2. The number of hydrogen-bond acceptors (Lipinski definition) is 3. The molecule has 0 spiro atoms. The Balaban J connectivity index is 2.16. The van der Waals surface area contributed by atoms with E-state index >= 15 is 0 Å². The molecule has 4 heteroatoms. The molecule has 0 amide bonds. The zero-order chi connectivity index (χ0) is 14.8. The van der Waals surface area contributed by atoms with E-state index in [0.717, 1.165) is 23.2 Å². The van der Waals surface area contributed by atoms with Gasteiger partial charge in [0.15, 0.2) is 0 Å². The van der Waals surface area contributed by atoms with Gasteiger partial charge in [-0.25, -0.2) is 0 Å². The van der Waals surface area contributed by atoms with E-state index in [9.17, 15) is 5.11 Å². The molecule has 1 aromatic rings. The summed E-state index contributed by atoms with van der Waals surface area (Å²) in [6.07, 6.45) is 4.30. The van der Waals surface area contributed by atoms with Gasteiger partial charge >= 0.3 is 0 Å². The van der Waals surface area contributed by atoms with Crippen LogP contribution in [0.5, 0.6) is 0 Å². The van der Waals surface area contributed by atoms with Crippen LogP contribution in [0.4, 0.5) is 5.69 Å². The molecule has 0 fully saturated rings. The summed E-state index contributed by atoms with van der Waals surface area (Å²) < 4.78 is 6.53. The minimum absolute atomic E-state index is 0.391. The number of aryl methyl sites for hydroxylation is 1. The van der Waals surface area contributed by atoms with Crippen LogP contribution in [0, 0.1) is 6.92 Å². The van der Waals surface area contributed by atoms with Crippen LogP contribution in [0.25, 0.3) is 0 Å². The van der Waals surface area contributed by atoms with E-state index in [1.54, 1.807) is 0 Å². The van der Waals surface area contributed by atoms with Gasteiger partial charge in [0.1, 0.15) is 0 Å². The number of unbranched alkanes of at least 4 members (excludes halogenated alkanes) is 3. The van der Waals surface area contributed by atoms with Crippen LogP contribution in [-0.4, -0.2) is 31.0 Å². The Bertz CT molecular complexity index is 385. The lowest BCUT2D eigenvalue weighted by Crippen LogP contribution is -2.25. The Morgan fingerprint density at radius 1 is 1.30 bits per heavy atom. The van der Waals surface area contributed by atoms with Gasteiger partial charge in [0.05, 0.1) is 12.7 Å². The van der Waals surface area contributed by atoms with Gasteiger partial charge in [0.2, 0.25) is 0 Å². The quantitative estimate of drug-likeness (QED) is 0.627. The van der Waals surface area contributed by atoms with Crippen LogP contribution in [0.1, 0.15) is 38.2 Å². The highest BCUT2D eigenvalue weighted by atomic mass is 79.9. The Hall–Kier alpha value is -0.580. The zero-order valence-electron chi connectivity index (χ0n) is 12.5. The van der Waals surface area contributed by atoms with Crippen molar-refractivity contribution in [3.63, 3.8) is 0 Å². The molecule has 2 N–H and O–H groups in total. The number of aliphatic hydroxyl groups excluding tert-OH is 1. The van der Waals surface area contributed by atoms with Crippen molar-refractivity contribution in [2.24, 2.45) is 0 Å². The van der Waals surface area contributed by atoms with Crippen molar-refractivity contribution >= 4 is 21.6 Å². The predicted octanol–water partition coefficient (Wildman–Crippen LogP) is 4.13. The first kappa shape index (κ1) is 17.5. The molecule has 1 unspecified atom stereocenters. The molecule has 20 heavy (non-hydrogen) atoms. The summed E-state index contributed by atoms with van der Waals surface area (Å²) >= 11 is 3.54. The van der Waals surface area contributed by atoms with Crippen LogP contribution >= 0.6 is 15.9 Å². The summed E-state index contributed by atoms with van der Waals surface area (Å²) in [5, 5.41) is 13.1. The maximum Gasteiger partial charge on any atom is 0.0945 e. The van der Waals surface area contributed by atoms with Crippen LogP contribution in [0.2, 0.25) is 0 Å². The molecule has 3 nitrogen and oxygen atoms in total. The number of benzene rings is 1. The number of nitrogens with one attached hydrogen (secondary N) is 1. The van der Waals surface area contributed by atoms with Crippen molar-refractivity contribution < 1.29 is 9.84 Å². The Kier molecular flexibility index (Phi) is 8.90. The average Bonchev–Trinajstić information content (AvgIpc) is 2.44. The lowest BCUT2D eigenvalue weighted by Gasteiger charge is -2.15. The average molecular weight is 344 g/mol. The summed E-state index contributed by atoms with van der Waals surface area (Å²) in [5.41, 5.74) is 2.18. The third kappa shape index (κ3) is 6.73. The number of aliphatic hydroxyl groups is 1.